The van der Waals surface area contributed by atoms with Crippen molar-refractivity contribution in [1.82, 2.24) is 0 Å². The highest BCUT2D eigenvalue weighted by Gasteiger charge is 2.18. The number of rotatable bonds is 7. The molecule has 0 radical (unpaired) electrons. The Bertz CT molecular complexity index is 614. The Hall–Kier alpha value is -1.11. The highest BCUT2D eigenvalue weighted by molar-refractivity contribution is 7.89. The van der Waals surface area contributed by atoms with Gasteiger partial charge in [0.1, 0.15) is 0 Å². The first-order chi connectivity index (χ1) is 9.77. The van der Waals surface area contributed by atoms with Crippen LogP contribution in [0.1, 0.15) is 48.5 Å². The number of primary sulfonamides is 1. The summed E-state index contributed by atoms with van der Waals surface area (Å²) >= 11 is 5.94. The van der Waals surface area contributed by atoms with Crippen LogP contribution in [-0.4, -0.2) is 21.0 Å². The Morgan fingerprint density at radius 2 is 1.95 bits per heavy atom. The molecule has 0 aliphatic rings. The van der Waals surface area contributed by atoms with Crippen molar-refractivity contribution in [1.29, 1.82) is 0 Å². The van der Waals surface area contributed by atoms with Gasteiger partial charge in [-0.05, 0) is 31.0 Å². The van der Waals surface area contributed by atoms with Crippen LogP contribution in [-0.2, 0) is 14.8 Å². The summed E-state index contributed by atoms with van der Waals surface area (Å²) in [5.74, 6) is -0.587. The topological polar surface area (TPSA) is 86.5 Å². The number of esters is 1. The van der Waals surface area contributed by atoms with Crippen molar-refractivity contribution in [2.45, 2.75) is 44.4 Å². The van der Waals surface area contributed by atoms with Crippen molar-refractivity contribution in [3.63, 3.8) is 0 Å². The number of hydrogen-bond acceptors (Lipinski definition) is 4. The Morgan fingerprint density at radius 1 is 1.29 bits per heavy atom. The second-order valence-corrected chi connectivity index (χ2v) is 6.79. The number of nitrogens with two attached hydrogens (primary N) is 1. The second-order valence-electron chi connectivity index (χ2n) is 4.82. The molecule has 0 saturated heterocycles. The van der Waals surface area contributed by atoms with Gasteiger partial charge in [0.2, 0.25) is 10.0 Å². The highest BCUT2D eigenvalue weighted by Crippen LogP contribution is 2.24. The average molecular weight is 334 g/mol. The van der Waals surface area contributed by atoms with E-state index in [-0.39, 0.29) is 15.5 Å². The summed E-state index contributed by atoms with van der Waals surface area (Å²) in [5, 5.41) is 5.23. The summed E-state index contributed by atoms with van der Waals surface area (Å²) in [6, 6.07) is 2.43. The fraction of sp³-hybridized carbons (Fsp3) is 0.500. The smallest absolute Gasteiger partial charge is 0.338 e. The van der Waals surface area contributed by atoms with Crippen molar-refractivity contribution in [3.8, 4) is 0 Å². The maximum atomic E-state index is 12.0. The molecule has 0 atom stereocenters. The van der Waals surface area contributed by atoms with Crippen molar-refractivity contribution >= 4 is 27.6 Å². The molecule has 0 aliphatic heterocycles. The number of halogens is 1. The summed E-state index contributed by atoms with van der Waals surface area (Å²) in [4.78, 5) is 11.8. The molecule has 0 saturated carbocycles. The summed E-state index contributed by atoms with van der Waals surface area (Å²) in [6.07, 6.45) is 3.95. The zero-order chi connectivity index (χ0) is 16.0. The average Bonchev–Trinajstić information content (AvgIpc) is 2.40. The zero-order valence-corrected chi connectivity index (χ0v) is 13.8. The minimum absolute atomic E-state index is 0.127. The lowest BCUT2D eigenvalue weighted by Crippen LogP contribution is -2.15. The molecule has 1 aromatic carbocycles. The number of benzene rings is 1. The third-order valence-corrected chi connectivity index (χ3v) is 4.38. The molecule has 0 fully saturated rings. The Balaban J connectivity index is 2.86. The molecule has 1 aromatic rings. The SMILES string of the molecule is CCCCCCOC(=O)c1cc(S(N)(=O)=O)cc(Cl)c1C. The largest absolute Gasteiger partial charge is 0.462 e. The lowest BCUT2D eigenvalue weighted by molar-refractivity contribution is 0.0496. The van der Waals surface area contributed by atoms with Gasteiger partial charge in [-0.15, -0.1) is 0 Å². The standard InChI is InChI=1S/C14H20ClNO4S/c1-3-4-5-6-7-20-14(17)12-8-11(21(16,18)19)9-13(15)10(12)2/h8-9H,3-7H2,1-2H3,(H2,16,18,19). The summed E-state index contributed by atoms with van der Waals surface area (Å²) < 4.78 is 27.9. The third-order valence-electron chi connectivity index (χ3n) is 3.10. The first-order valence-electron chi connectivity index (χ1n) is 6.77. The quantitative estimate of drug-likeness (QED) is 0.613. The summed E-state index contributed by atoms with van der Waals surface area (Å²) in [5.41, 5.74) is 0.602. The molecule has 0 bridgehead atoms. The molecular formula is C14H20ClNO4S. The Kier molecular flexibility index (Phi) is 6.64. The van der Waals surface area contributed by atoms with E-state index < -0.39 is 16.0 Å². The maximum absolute atomic E-state index is 12.0. The number of sulfonamides is 1. The first-order valence-corrected chi connectivity index (χ1v) is 8.70. The van der Waals surface area contributed by atoms with Crippen LogP contribution in [0.3, 0.4) is 0 Å². The molecule has 0 heterocycles. The monoisotopic (exact) mass is 333 g/mol. The molecule has 5 nitrogen and oxygen atoms in total. The number of unbranched alkanes of at least 4 members (excludes halogenated alkanes) is 3. The predicted molar refractivity (Wildman–Crippen MR) is 82.0 cm³/mol. The van der Waals surface area contributed by atoms with Crippen LogP contribution >= 0.6 is 11.6 Å². The van der Waals surface area contributed by atoms with E-state index in [4.69, 9.17) is 21.5 Å². The van der Waals surface area contributed by atoms with Crippen LogP contribution in [0.2, 0.25) is 5.02 Å². The second kappa shape index (κ2) is 7.77. The van der Waals surface area contributed by atoms with Gasteiger partial charge in [-0.3, -0.25) is 0 Å². The van der Waals surface area contributed by atoms with Crippen LogP contribution in [0.25, 0.3) is 0 Å². The van der Waals surface area contributed by atoms with E-state index in [1.165, 1.54) is 12.1 Å². The van der Waals surface area contributed by atoms with Gasteiger partial charge in [0.25, 0.3) is 0 Å². The normalized spacial score (nSPS) is 11.4. The molecule has 7 heteroatoms. The fourth-order valence-corrected chi connectivity index (χ4v) is 2.65. The van der Waals surface area contributed by atoms with Crippen LogP contribution < -0.4 is 5.14 Å². The fourth-order valence-electron chi connectivity index (χ4n) is 1.80. The van der Waals surface area contributed by atoms with Gasteiger partial charge in [0.15, 0.2) is 0 Å². The molecule has 0 spiro atoms. The van der Waals surface area contributed by atoms with Crippen molar-refractivity contribution in [2.24, 2.45) is 5.14 Å². The minimum Gasteiger partial charge on any atom is -0.462 e. The van der Waals surface area contributed by atoms with E-state index in [0.717, 1.165) is 25.7 Å². The molecule has 2 N–H and O–H groups in total. The van der Waals surface area contributed by atoms with Gasteiger partial charge in [-0.25, -0.2) is 18.4 Å². The van der Waals surface area contributed by atoms with Gasteiger partial charge >= 0.3 is 5.97 Å². The van der Waals surface area contributed by atoms with Gasteiger partial charge in [0.05, 0.1) is 17.1 Å². The van der Waals surface area contributed by atoms with E-state index in [1.54, 1.807) is 6.92 Å². The van der Waals surface area contributed by atoms with Crippen LogP contribution in [0.4, 0.5) is 0 Å². The van der Waals surface area contributed by atoms with Crippen LogP contribution in [0.5, 0.6) is 0 Å². The third kappa shape index (κ3) is 5.30. The van der Waals surface area contributed by atoms with E-state index in [9.17, 15) is 13.2 Å². The minimum atomic E-state index is -3.92. The predicted octanol–water partition coefficient (Wildman–Crippen LogP) is 3.03. The summed E-state index contributed by atoms with van der Waals surface area (Å²) in [7, 11) is -3.92. The number of carbonyl (C=O) groups is 1. The number of ether oxygens (including phenoxy) is 1. The van der Waals surface area contributed by atoms with Crippen LogP contribution in [0.15, 0.2) is 17.0 Å². The lowest BCUT2D eigenvalue weighted by atomic mass is 10.1. The Labute approximate surface area is 130 Å². The Morgan fingerprint density at radius 3 is 2.52 bits per heavy atom. The van der Waals surface area contributed by atoms with E-state index in [0.29, 0.717) is 12.2 Å². The van der Waals surface area contributed by atoms with E-state index >= 15 is 0 Å². The van der Waals surface area contributed by atoms with Gasteiger partial charge in [-0.2, -0.15) is 0 Å². The van der Waals surface area contributed by atoms with Crippen molar-refractivity contribution < 1.29 is 17.9 Å². The molecular weight excluding hydrogens is 314 g/mol. The molecule has 0 unspecified atom stereocenters. The lowest BCUT2D eigenvalue weighted by Gasteiger charge is -2.10. The van der Waals surface area contributed by atoms with Crippen LogP contribution in [0, 0.1) is 6.92 Å². The molecule has 21 heavy (non-hydrogen) atoms. The molecule has 1 rings (SSSR count). The van der Waals surface area contributed by atoms with Gasteiger partial charge < -0.3 is 4.74 Å². The van der Waals surface area contributed by atoms with Crippen molar-refractivity contribution in [3.05, 3.63) is 28.3 Å². The zero-order valence-electron chi connectivity index (χ0n) is 12.2. The summed E-state index contributed by atoms with van der Waals surface area (Å²) in [6.45, 7) is 4.02. The maximum Gasteiger partial charge on any atom is 0.338 e. The van der Waals surface area contributed by atoms with Gasteiger partial charge in [-0.1, -0.05) is 37.8 Å². The molecule has 118 valence electrons. The highest BCUT2D eigenvalue weighted by atomic mass is 35.5. The molecule has 0 aromatic heterocycles. The molecule has 0 amide bonds. The van der Waals surface area contributed by atoms with Gasteiger partial charge in [0, 0.05) is 5.02 Å². The van der Waals surface area contributed by atoms with E-state index in [2.05, 4.69) is 6.92 Å². The number of carbonyl (C=O) groups excluding carboxylic acids is 1. The number of hydrogen-bond donors (Lipinski definition) is 1. The first kappa shape index (κ1) is 17.9. The van der Waals surface area contributed by atoms with E-state index in [1.807, 2.05) is 0 Å². The van der Waals surface area contributed by atoms with Crippen molar-refractivity contribution in [2.75, 3.05) is 6.61 Å². The molecule has 0 aliphatic carbocycles.